The van der Waals surface area contributed by atoms with Gasteiger partial charge in [-0.15, -0.1) is 0 Å². The van der Waals surface area contributed by atoms with E-state index in [-0.39, 0.29) is 6.04 Å². The maximum atomic E-state index is 14.3. The summed E-state index contributed by atoms with van der Waals surface area (Å²) < 4.78 is 35.4. The van der Waals surface area contributed by atoms with Crippen LogP contribution in [0.15, 0.2) is 77.9 Å². The van der Waals surface area contributed by atoms with E-state index in [0.29, 0.717) is 22.9 Å². The third-order valence-electron chi connectivity index (χ3n) is 6.49. The smallest absolute Gasteiger partial charge is 0.237 e. The molecule has 0 unspecified atom stereocenters. The van der Waals surface area contributed by atoms with E-state index in [1.54, 1.807) is 19.4 Å². The van der Waals surface area contributed by atoms with Gasteiger partial charge in [0.05, 0.1) is 46.6 Å². The molecule has 3 aromatic rings. The zero-order valence-corrected chi connectivity index (χ0v) is 19.6. The van der Waals surface area contributed by atoms with Gasteiger partial charge >= 0.3 is 0 Å². The van der Waals surface area contributed by atoms with Crippen molar-refractivity contribution in [1.29, 1.82) is 0 Å². The number of ether oxygens (including phenoxy) is 1. The van der Waals surface area contributed by atoms with Crippen LogP contribution in [0.4, 0.5) is 20.2 Å². The van der Waals surface area contributed by atoms with Gasteiger partial charge in [-0.05, 0) is 67.8 Å². The van der Waals surface area contributed by atoms with Gasteiger partial charge in [0.25, 0.3) is 0 Å². The summed E-state index contributed by atoms with van der Waals surface area (Å²) in [6.07, 6.45) is 4.89. The van der Waals surface area contributed by atoms with Gasteiger partial charge in [0.2, 0.25) is 5.88 Å². The Bertz CT molecular complexity index is 1630. The van der Waals surface area contributed by atoms with Crippen LogP contribution >= 0.6 is 0 Å². The highest BCUT2D eigenvalue weighted by molar-refractivity contribution is 5.84. The third-order valence-corrected chi connectivity index (χ3v) is 6.49. The number of halogens is 2. The highest BCUT2D eigenvalue weighted by atomic mass is 19.2. The molecule has 2 heterocycles. The Balaban J connectivity index is 1.64. The van der Waals surface area contributed by atoms with Crippen molar-refractivity contribution in [2.45, 2.75) is 25.3 Å². The molecule has 8 heteroatoms. The van der Waals surface area contributed by atoms with Crippen molar-refractivity contribution in [2.75, 3.05) is 12.4 Å². The van der Waals surface area contributed by atoms with E-state index in [9.17, 15) is 8.78 Å². The summed E-state index contributed by atoms with van der Waals surface area (Å²) in [5.41, 5.74) is 4.89. The monoisotopic (exact) mass is 483 g/mol. The minimum atomic E-state index is -0.907. The fraction of sp³-hybridized carbons (Fsp3) is 0.179. The Hall–Kier alpha value is -4.33. The number of methoxy groups -OCH3 is 1. The lowest BCUT2D eigenvalue weighted by Gasteiger charge is -2.23. The van der Waals surface area contributed by atoms with Crippen molar-refractivity contribution in [2.24, 2.45) is 4.99 Å². The first-order valence-electron chi connectivity index (χ1n) is 11.8. The first-order valence-corrected chi connectivity index (χ1v) is 11.8. The zero-order valence-electron chi connectivity index (χ0n) is 19.6. The third kappa shape index (κ3) is 3.94. The van der Waals surface area contributed by atoms with Gasteiger partial charge in [-0.1, -0.05) is 12.1 Å². The molecule has 1 aromatic heterocycles. The minimum Gasteiger partial charge on any atom is -0.480 e. The van der Waals surface area contributed by atoms with Gasteiger partial charge in [0, 0.05) is 18.0 Å². The number of rotatable bonds is 5. The number of para-hydroxylation sites is 2. The lowest BCUT2D eigenvalue weighted by atomic mass is 9.94. The molecule has 0 atom stereocenters. The van der Waals surface area contributed by atoms with Gasteiger partial charge in [-0.3, -0.25) is 4.99 Å². The summed E-state index contributed by atoms with van der Waals surface area (Å²) in [6, 6.07) is 19.4. The Morgan fingerprint density at radius 3 is 2.61 bits per heavy atom. The number of pyridine rings is 1. The second-order valence-electron chi connectivity index (χ2n) is 8.79. The summed E-state index contributed by atoms with van der Waals surface area (Å²) in [5.74, 6) is -1.33. The van der Waals surface area contributed by atoms with E-state index in [0.717, 1.165) is 53.1 Å². The molecule has 0 bridgehead atoms. The van der Waals surface area contributed by atoms with Crippen LogP contribution in [0.2, 0.25) is 0 Å². The molecule has 1 saturated carbocycles. The summed E-state index contributed by atoms with van der Waals surface area (Å²) in [6.45, 7) is 0. The largest absolute Gasteiger partial charge is 0.480 e. The number of nitrogens with zero attached hydrogens (tertiary/aromatic N) is 4. The lowest BCUT2D eigenvalue weighted by molar-refractivity contribution is 0.400. The summed E-state index contributed by atoms with van der Waals surface area (Å²) >= 11 is 0. The molecular formula is C28H23F2N5O. The molecule has 3 aliphatic rings. The molecule has 0 amide bonds. The van der Waals surface area contributed by atoms with Gasteiger partial charge in [0.1, 0.15) is 5.69 Å². The van der Waals surface area contributed by atoms with Crippen molar-refractivity contribution in [1.82, 2.24) is 14.5 Å². The van der Waals surface area contributed by atoms with Gasteiger partial charge in [0.15, 0.2) is 11.6 Å². The average molecular weight is 484 g/mol. The summed E-state index contributed by atoms with van der Waals surface area (Å²) in [5, 5.41) is 4.18. The van der Waals surface area contributed by atoms with E-state index in [4.69, 9.17) is 14.7 Å². The van der Waals surface area contributed by atoms with Crippen LogP contribution < -0.4 is 15.4 Å². The minimum absolute atomic E-state index is 0.240. The first-order chi connectivity index (χ1) is 17.6. The molecule has 6 rings (SSSR count). The van der Waals surface area contributed by atoms with E-state index in [1.165, 1.54) is 6.07 Å². The predicted octanol–water partition coefficient (Wildman–Crippen LogP) is 6.01. The predicted molar refractivity (Wildman–Crippen MR) is 135 cm³/mol. The van der Waals surface area contributed by atoms with Crippen molar-refractivity contribution in [3.05, 3.63) is 89.9 Å². The number of anilines is 2. The fourth-order valence-corrected chi connectivity index (χ4v) is 4.46. The second-order valence-corrected chi connectivity index (χ2v) is 8.79. The van der Waals surface area contributed by atoms with Crippen molar-refractivity contribution < 1.29 is 13.5 Å². The van der Waals surface area contributed by atoms with Gasteiger partial charge < -0.3 is 14.6 Å². The molecule has 1 N–H and O–H groups in total. The molecule has 2 aliphatic carbocycles. The zero-order chi connectivity index (χ0) is 24.6. The van der Waals surface area contributed by atoms with Crippen molar-refractivity contribution >= 4 is 22.4 Å². The normalized spacial score (nSPS) is 14.2. The molecule has 2 aromatic carbocycles. The maximum Gasteiger partial charge on any atom is 0.237 e. The van der Waals surface area contributed by atoms with Crippen LogP contribution in [0.1, 0.15) is 19.3 Å². The number of nitrogens with one attached hydrogen (secondary N) is 1. The molecule has 180 valence electrons. The van der Waals surface area contributed by atoms with E-state index in [2.05, 4.69) is 10.3 Å². The van der Waals surface area contributed by atoms with Gasteiger partial charge in [-0.2, -0.15) is 0 Å². The van der Waals surface area contributed by atoms with E-state index in [1.807, 2.05) is 53.1 Å². The number of aromatic nitrogens is 3. The summed E-state index contributed by atoms with van der Waals surface area (Å²) in [7, 11) is 1.58. The van der Waals surface area contributed by atoms with Crippen LogP contribution in [0.3, 0.4) is 0 Å². The second kappa shape index (κ2) is 9.03. The molecule has 36 heavy (non-hydrogen) atoms. The molecule has 6 nitrogen and oxygen atoms in total. The Labute approximate surface area is 206 Å². The van der Waals surface area contributed by atoms with Crippen LogP contribution in [0.5, 0.6) is 5.88 Å². The molecule has 1 fully saturated rings. The number of fused-ring (bicyclic) bond motifs is 2. The molecule has 0 spiro atoms. The maximum absolute atomic E-state index is 14.3. The Morgan fingerprint density at radius 1 is 0.972 bits per heavy atom. The van der Waals surface area contributed by atoms with Crippen LogP contribution in [0.25, 0.3) is 28.1 Å². The number of benzene rings is 3. The first kappa shape index (κ1) is 22.2. The highest BCUT2D eigenvalue weighted by Gasteiger charge is 2.20. The topological polar surface area (TPSA) is 64.3 Å². The van der Waals surface area contributed by atoms with Crippen LogP contribution in [0, 0.1) is 11.6 Å². The molecular weight excluding hydrogens is 460 g/mol. The highest BCUT2D eigenvalue weighted by Crippen LogP contribution is 2.32. The SMILES string of the molecule is COc1ncccc1Nc1cc2nc3ccccc3n(-c3ccc(F)c(F)c3)c-2cc1=NC1CCC1. The van der Waals surface area contributed by atoms with Crippen LogP contribution in [-0.2, 0) is 0 Å². The van der Waals surface area contributed by atoms with E-state index < -0.39 is 11.6 Å². The van der Waals surface area contributed by atoms with E-state index >= 15 is 0 Å². The number of hydrogen-bond acceptors (Lipinski definition) is 5. The van der Waals surface area contributed by atoms with Gasteiger partial charge in [-0.25, -0.2) is 18.7 Å². The molecule has 0 radical (unpaired) electrons. The molecule has 1 aliphatic heterocycles. The fourth-order valence-electron chi connectivity index (χ4n) is 4.46. The molecule has 0 saturated heterocycles. The quantitative estimate of drug-likeness (QED) is 0.311. The van der Waals surface area contributed by atoms with Crippen LogP contribution in [-0.4, -0.2) is 27.7 Å². The van der Waals surface area contributed by atoms with Crippen molar-refractivity contribution in [3.8, 4) is 23.0 Å². The Kier molecular flexibility index (Phi) is 5.56. The average Bonchev–Trinajstić information content (AvgIpc) is 2.87. The lowest BCUT2D eigenvalue weighted by Crippen LogP contribution is -2.22. The standard InChI is InChI=1S/C28H23F2N5O/c1-36-28-22(9-5-13-31-28)34-23-15-25-27(16-24(23)32-17-6-4-7-17)35(18-11-12-19(29)20(30)14-18)26-10-3-2-8-21(26)33-25/h2-3,5,8-17,34H,4,6-7H2,1H3. The Morgan fingerprint density at radius 2 is 1.83 bits per heavy atom. The number of hydrogen-bond donors (Lipinski definition) is 1. The summed E-state index contributed by atoms with van der Waals surface area (Å²) in [4.78, 5) is 14.2. The van der Waals surface area contributed by atoms with Crippen molar-refractivity contribution in [3.63, 3.8) is 0 Å².